The lowest BCUT2D eigenvalue weighted by Crippen LogP contribution is -2.41. The van der Waals surface area contributed by atoms with Gasteiger partial charge in [-0.25, -0.2) is 4.98 Å². The van der Waals surface area contributed by atoms with Crippen molar-refractivity contribution in [1.29, 1.82) is 0 Å². The summed E-state index contributed by atoms with van der Waals surface area (Å²) in [6.07, 6.45) is 5.78. The molecule has 20 heavy (non-hydrogen) atoms. The third-order valence-electron chi connectivity index (χ3n) is 3.92. The zero-order chi connectivity index (χ0) is 14.1. The Labute approximate surface area is 122 Å². The van der Waals surface area contributed by atoms with Crippen molar-refractivity contribution in [3.63, 3.8) is 0 Å². The van der Waals surface area contributed by atoms with E-state index in [4.69, 9.17) is 11.6 Å². The van der Waals surface area contributed by atoms with Crippen LogP contribution in [0.3, 0.4) is 0 Å². The number of aromatic nitrogens is 1. The quantitative estimate of drug-likeness (QED) is 0.868. The van der Waals surface area contributed by atoms with E-state index in [9.17, 15) is 9.59 Å². The smallest absolute Gasteiger partial charge is 0.252 e. The summed E-state index contributed by atoms with van der Waals surface area (Å²) >= 11 is 5.77. The Bertz CT molecular complexity index is 526. The first-order valence-corrected chi connectivity index (χ1v) is 7.27. The number of anilines is 1. The highest BCUT2D eigenvalue weighted by Gasteiger charge is 2.43. The maximum absolute atomic E-state index is 12.4. The van der Waals surface area contributed by atoms with Crippen molar-refractivity contribution in [3.8, 4) is 0 Å². The summed E-state index contributed by atoms with van der Waals surface area (Å²) in [7, 11) is 0. The predicted molar refractivity (Wildman–Crippen MR) is 75.4 cm³/mol. The van der Waals surface area contributed by atoms with Crippen LogP contribution < -0.4 is 5.32 Å². The van der Waals surface area contributed by atoms with Crippen LogP contribution in [-0.4, -0.2) is 33.8 Å². The lowest BCUT2D eigenvalue weighted by Gasteiger charge is -2.22. The molecule has 1 aromatic heterocycles. The molecule has 1 unspecified atom stereocenters. The molecule has 1 saturated heterocycles. The minimum atomic E-state index is -0.503. The first-order valence-electron chi connectivity index (χ1n) is 6.89. The van der Waals surface area contributed by atoms with Crippen molar-refractivity contribution in [3.05, 3.63) is 23.4 Å². The van der Waals surface area contributed by atoms with E-state index in [-0.39, 0.29) is 24.3 Å². The molecule has 1 aromatic rings. The highest BCUT2D eigenvalue weighted by atomic mass is 35.5. The van der Waals surface area contributed by atoms with E-state index in [1.165, 1.54) is 11.1 Å². The topological polar surface area (TPSA) is 62.3 Å². The second kappa shape index (κ2) is 5.40. The molecule has 3 rings (SSSR count). The van der Waals surface area contributed by atoms with Crippen molar-refractivity contribution in [2.24, 2.45) is 0 Å². The maximum atomic E-state index is 12.4. The molecule has 0 aromatic carbocycles. The Balaban J connectivity index is 1.70. The van der Waals surface area contributed by atoms with E-state index in [2.05, 4.69) is 10.3 Å². The summed E-state index contributed by atoms with van der Waals surface area (Å²) in [4.78, 5) is 30.0. The number of halogens is 1. The van der Waals surface area contributed by atoms with Gasteiger partial charge in [-0.05, 0) is 25.0 Å². The van der Waals surface area contributed by atoms with Crippen LogP contribution in [0.2, 0.25) is 5.02 Å². The molecule has 2 aliphatic rings. The first kappa shape index (κ1) is 13.4. The number of amides is 2. The molecule has 0 radical (unpaired) electrons. The second-order valence-corrected chi connectivity index (χ2v) is 5.74. The normalized spacial score (nSPS) is 23.6. The zero-order valence-corrected chi connectivity index (χ0v) is 11.8. The van der Waals surface area contributed by atoms with Gasteiger partial charge in [0.1, 0.15) is 11.9 Å². The fourth-order valence-electron chi connectivity index (χ4n) is 2.95. The molecule has 106 valence electrons. The van der Waals surface area contributed by atoms with Crippen molar-refractivity contribution < 1.29 is 9.59 Å². The molecular weight excluding hydrogens is 278 g/mol. The average molecular weight is 294 g/mol. The number of nitrogens with one attached hydrogen (secondary N) is 1. The summed E-state index contributed by atoms with van der Waals surface area (Å²) in [5, 5.41) is 3.56. The molecule has 0 bridgehead atoms. The number of likely N-dealkylation sites (tertiary alicyclic amines) is 1. The highest BCUT2D eigenvalue weighted by molar-refractivity contribution is 6.30. The fourth-order valence-corrected chi connectivity index (χ4v) is 3.06. The van der Waals surface area contributed by atoms with Gasteiger partial charge in [0.2, 0.25) is 5.91 Å². The van der Waals surface area contributed by atoms with Crippen LogP contribution in [0.1, 0.15) is 32.1 Å². The number of rotatable bonds is 3. The Morgan fingerprint density at radius 1 is 1.25 bits per heavy atom. The van der Waals surface area contributed by atoms with Gasteiger partial charge in [-0.2, -0.15) is 0 Å². The summed E-state index contributed by atoms with van der Waals surface area (Å²) in [5.41, 5.74) is 0. The third-order valence-corrected chi connectivity index (χ3v) is 4.15. The van der Waals surface area contributed by atoms with Gasteiger partial charge in [0.15, 0.2) is 0 Å². The van der Waals surface area contributed by atoms with E-state index in [0.717, 1.165) is 25.7 Å². The van der Waals surface area contributed by atoms with Gasteiger partial charge >= 0.3 is 0 Å². The minimum absolute atomic E-state index is 0.0756. The summed E-state index contributed by atoms with van der Waals surface area (Å²) < 4.78 is 0. The van der Waals surface area contributed by atoms with Crippen LogP contribution in [0.5, 0.6) is 0 Å². The second-order valence-electron chi connectivity index (χ2n) is 5.30. The molecule has 5 nitrogen and oxygen atoms in total. The molecule has 0 spiro atoms. The highest BCUT2D eigenvalue weighted by Crippen LogP contribution is 2.29. The van der Waals surface area contributed by atoms with Crippen LogP contribution in [0.25, 0.3) is 0 Å². The number of hydrogen-bond acceptors (Lipinski definition) is 4. The molecule has 2 fully saturated rings. The standard InChI is InChI=1S/C14H16ClN3O2/c15-9-5-6-12(16-8-9)17-11-7-13(19)18(14(11)20)10-3-1-2-4-10/h5-6,8,10-11H,1-4,7H2,(H,16,17). The van der Waals surface area contributed by atoms with Crippen LogP contribution in [0, 0.1) is 0 Å². The fraction of sp³-hybridized carbons (Fsp3) is 0.500. The van der Waals surface area contributed by atoms with E-state index in [1.807, 2.05) is 0 Å². The Hall–Kier alpha value is -1.62. The Kier molecular flexibility index (Phi) is 3.61. The number of imide groups is 1. The van der Waals surface area contributed by atoms with Gasteiger partial charge < -0.3 is 5.32 Å². The zero-order valence-electron chi connectivity index (χ0n) is 11.0. The monoisotopic (exact) mass is 293 g/mol. The lowest BCUT2D eigenvalue weighted by atomic mass is 10.2. The molecule has 2 amide bonds. The van der Waals surface area contributed by atoms with Gasteiger partial charge in [-0.3, -0.25) is 14.5 Å². The molecule has 6 heteroatoms. The van der Waals surface area contributed by atoms with E-state index >= 15 is 0 Å². The SMILES string of the molecule is O=C1CC(Nc2ccc(Cl)cn2)C(=O)N1C1CCCC1. The molecule has 2 heterocycles. The Morgan fingerprint density at radius 2 is 2.00 bits per heavy atom. The summed E-state index contributed by atoms with van der Waals surface area (Å²) in [6, 6.07) is 3.00. The average Bonchev–Trinajstić information content (AvgIpc) is 3.02. The summed E-state index contributed by atoms with van der Waals surface area (Å²) in [6.45, 7) is 0. The van der Waals surface area contributed by atoms with Crippen molar-refractivity contribution in [1.82, 2.24) is 9.88 Å². The molecular formula is C14H16ClN3O2. The number of carbonyl (C=O) groups excluding carboxylic acids is 2. The number of hydrogen-bond donors (Lipinski definition) is 1. The molecule has 1 saturated carbocycles. The van der Waals surface area contributed by atoms with Gasteiger partial charge in [0.05, 0.1) is 11.4 Å². The molecule has 1 N–H and O–H groups in total. The van der Waals surface area contributed by atoms with Gasteiger partial charge in [-0.1, -0.05) is 24.4 Å². The third kappa shape index (κ3) is 2.50. The van der Waals surface area contributed by atoms with Gasteiger partial charge in [0.25, 0.3) is 5.91 Å². The summed E-state index contributed by atoms with van der Waals surface area (Å²) in [5.74, 6) is 0.362. The molecule has 1 aliphatic carbocycles. The van der Waals surface area contributed by atoms with E-state index in [1.54, 1.807) is 12.1 Å². The van der Waals surface area contributed by atoms with Crippen LogP contribution in [0.15, 0.2) is 18.3 Å². The minimum Gasteiger partial charge on any atom is -0.358 e. The lowest BCUT2D eigenvalue weighted by molar-refractivity contribution is -0.141. The number of pyridine rings is 1. The largest absolute Gasteiger partial charge is 0.358 e. The number of carbonyl (C=O) groups is 2. The predicted octanol–water partition coefficient (Wildman–Crippen LogP) is 2.22. The van der Waals surface area contributed by atoms with Crippen molar-refractivity contribution in [2.45, 2.75) is 44.2 Å². The molecule has 1 aliphatic heterocycles. The van der Waals surface area contributed by atoms with Crippen molar-refractivity contribution >= 4 is 29.2 Å². The number of nitrogens with zero attached hydrogens (tertiary/aromatic N) is 2. The van der Waals surface area contributed by atoms with Crippen LogP contribution in [0.4, 0.5) is 5.82 Å². The van der Waals surface area contributed by atoms with Gasteiger partial charge in [0, 0.05) is 12.2 Å². The van der Waals surface area contributed by atoms with E-state index < -0.39 is 6.04 Å². The van der Waals surface area contributed by atoms with Crippen LogP contribution in [-0.2, 0) is 9.59 Å². The van der Waals surface area contributed by atoms with Crippen LogP contribution >= 0.6 is 11.6 Å². The molecule has 1 atom stereocenters. The van der Waals surface area contributed by atoms with Crippen molar-refractivity contribution in [2.75, 3.05) is 5.32 Å². The maximum Gasteiger partial charge on any atom is 0.252 e. The first-order chi connectivity index (χ1) is 9.65. The Morgan fingerprint density at radius 3 is 2.65 bits per heavy atom. The van der Waals surface area contributed by atoms with E-state index in [0.29, 0.717) is 10.8 Å². The van der Waals surface area contributed by atoms with Gasteiger partial charge in [-0.15, -0.1) is 0 Å².